The van der Waals surface area contributed by atoms with Crippen LogP contribution < -0.4 is 4.90 Å². The third-order valence-corrected chi connectivity index (χ3v) is 7.16. The summed E-state index contributed by atoms with van der Waals surface area (Å²) in [6.07, 6.45) is 10.2. The molecular weight excluding hydrogens is 390 g/mol. The van der Waals surface area contributed by atoms with Gasteiger partial charge in [0.15, 0.2) is 0 Å². The molecule has 0 amide bonds. The molecular formula is C30H23NO. The fourth-order valence-electron chi connectivity index (χ4n) is 5.78. The Kier molecular flexibility index (Phi) is 3.83. The molecule has 0 fully saturated rings. The monoisotopic (exact) mass is 413 g/mol. The first-order valence-corrected chi connectivity index (χ1v) is 11.4. The van der Waals surface area contributed by atoms with Gasteiger partial charge in [-0.3, -0.25) is 0 Å². The van der Waals surface area contributed by atoms with Crippen LogP contribution in [0.5, 0.6) is 0 Å². The molecule has 2 heteroatoms. The molecule has 0 N–H and O–H groups in total. The molecule has 1 aliphatic heterocycles. The number of hydrogen-bond acceptors (Lipinski definition) is 2. The van der Waals surface area contributed by atoms with Crippen LogP contribution in [0.1, 0.15) is 52.0 Å². The lowest BCUT2D eigenvalue weighted by atomic mass is 9.82. The van der Waals surface area contributed by atoms with Crippen LogP contribution in [0.25, 0.3) is 12.2 Å². The van der Waals surface area contributed by atoms with Gasteiger partial charge in [0.1, 0.15) is 11.5 Å². The van der Waals surface area contributed by atoms with Crippen molar-refractivity contribution in [3.8, 4) is 0 Å². The van der Waals surface area contributed by atoms with Gasteiger partial charge in [0, 0.05) is 28.4 Å². The highest BCUT2D eigenvalue weighted by atomic mass is 16.3. The maximum absolute atomic E-state index is 6.82. The van der Waals surface area contributed by atoms with Gasteiger partial charge in [0.05, 0.1) is 12.0 Å². The molecule has 32 heavy (non-hydrogen) atoms. The third-order valence-electron chi connectivity index (χ3n) is 7.16. The number of furan rings is 1. The van der Waals surface area contributed by atoms with Crippen LogP contribution in [0.3, 0.4) is 0 Å². The smallest absolute Gasteiger partial charge is 0.122 e. The van der Waals surface area contributed by atoms with Crippen molar-refractivity contribution < 1.29 is 4.42 Å². The Hall–Kier alpha value is -3.78. The molecule has 0 saturated carbocycles. The molecule has 2 nitrogen and oxygen atoms in total. The average molecular weight is 414 g/mol. The van der Waals surface area contributed by atoms with Crippen molar-refractivity contribution in [1.82, 2.24) is 0 Å². The standard InChI is InChI=1S/C30H23NO/c1-3-10-20(11-4-1)22-15-9-16-23-24-18-19-27-28(30(24)32-29(22)23)25-14-7-8-17-26(25)31(27)21-12-5-2-6-13-21/h1-14,16-19,22,27-28H,15H2/t22-,27?,28?/m0/s1. The minimum atomic E-state index is 0.196. The van der Waals surface area contributed by atoms with E-state index in [1.54, 1.807) is 0 Å². The normalized spacial score (nSPS) is 22.2. The summed E-state index contributed by atoms with van der Waals surface area (Å²) in [7, 11) is 0. The Bertz CT molecular complexity index is 1360. The quantitative estimate of drug-likeness (QED) is 0.338. The molecule has 0 bridgehead atoms. The molecule has 0 spiro atoms. The van der Waals surface area contributed by atoms with Gasteiger partial charge in [-0.2, -0.15) is 0 Å². The van der Waals surface area contributed by atoms with E-state index in [0.29, 0.717) is 0 Å². The van der Waals surface area contributed by atoms with E-state index in [1.807, 2.05) is 0 Å². The van der Waals surface area contributed by atoms with E-state index in [0.717, 1.165) is 17.9 Å². The fraction of sp³-hybridized carbons (Fsp3) is 0.133. The Morgan fingerprint density at radius 2 is 1.44 bits per heavy atom. The van der Waals surface area contributed by atoms with E-state index in [2.05, 4.69) is 114 Å². The van der Waals surface area contributed by atoms with Crippen LogP contribution >= 0.6 is 0 Å². The molecule has 7 rings (SSSR count). The van der Waals surface area contributed by atoms with Gasteiger partial charge < -0.3 is 9.32 Å². The Morgan fingerprint density at radius 3 is 2.28 bits per heavy atom. The van der Waals surface area contributed by atoms with Crippen LogP contribution in [0, 0.1) is 0 Å². The zero-order valence-corrected chi connectivity index (χ0v) is 17.7. The van der Waals surface area contributed by atoms with Gasteiger partial charge in [-0.05, 0) is 35.7 Å². The second-order valence-corrected chi connectivity index (χ2v) is 8.85. The first-order chi connectivity index (χ1) is 15.9. The number of para-hydroxylation sites is 2. The summed E-state index contributed by atoms with van der Waals surface area (Å²) in [4.78, 5) is 2.46. The largest absolute Gasteiger partial charge is 0.463 e. The van der Waals surface area contributed by atoms with Gasteiger partial charge >= 0.3 is 0 Å². The third kappa shape index (κ3) is 2.47. The molecule has 1 aromatic heterocycles. The molecule has 0 saturated heterocycles. The highest BCUT2D eigenvalue weighted by Crippen LogP contribution is 2.54. The van der Waals surface area contributed by atoms with Gasteiger partial charge in [-0.1, -0.05) is 91.0 Å². The van der Waals surface area contributed by atoms with Crippen LogP contribution in [-0.4, -0.2) is 6.04 Å². The van der Waals surface area contributed by atoms with Crippen molar-refractivity contribution in [2.45, 2.75) is 24.3 Å². The molecule has 2 unspecified atom stereocenters. The van der Waals surface area contributed by atoms with E-state index in [4.69, 9.17) is 4.42 Å². The number of nitrogens with zero attached hydrogens (tertiary/aromatic N) is 1. The maximum Gasteiger partial charge on any atom is 0.122 e. The van der Waals surface area contributed by atoms with Crippen LogP contribution in [-0.2, 0) is 0 Å². The molecule has 2 heterocycles. The molecule has 3 atom stereocenters. The van der Waals surface area contributed by atoms with Gasteiger partial charge in [-0.25, -0.2) is 0 Å². The second kappa shape index (κ2) is 6.86. The van der Waals surface area contributed by atoms with E-state index in [1.165, 1.54) is 33.6 Å². The Balaban J connectivity index is 1.40. The number of anilines is 2. The predicted octanol–water partition coefficient (Wildman–Crippen LogP) is 7.51. The van der Waals surface area contributed by atoms with Crippen molar-refractivity contribution >= 4 is 23.5 Å². The van der Waals surface area contributed by atoms with Crippen molar-refractivity contribution in [3.05, 3.63) is 131 Å². The number of benzene rings is 3. The second-order valence-electron chi connectivity index (χ2n) is 8.85. The Morgan fingerprint density at radius 1 is 0.719 bits per heavy atom. The molecule has 0 radical (unpaired) electrons. The minimum Gasteiger partial charge on any atom is -0.463 e. The van der Waals surface area contributed by atoms with Crippen LogP contribution in [0.15, 0.2) is 101 Å². The van der Waals surface area contributed by atoms with E-state index in [-0.39, 0.29) is 17.9 Å². The first-order valence-electron chi connectivity index (χ1n) is 11.4. The summed E-state index contributed by atoms with van der Waals surface area (Å²) in [6.45, 7) is 0. The summed E-state index contributed by atoms with van der Waals surface area (Å²) in [5.41, 5.74) is 7.67. The summed E-state index contributed by atoms with van der Waals surface area (Å²) >= 11 is 0. The molecule has 3 aliphatic rings. The molecule has 4 aromatic rings. The van der Waals surface area contributed by atoms with Crippen LogP contribution in [0.4, 0.5) is 11.4 Å². The summed E-state index contributed by atoms with van der Waals surface area (Å²) < 4.78 is 6.82. The zero-order chi connectivity index (χ0) is 21.1. The van der Waals surface area contributed by atoms with Crippen molar-refractivity contribution in [2.24, 2.45) is 0 Å². The van der Waals surface area contributed by atoms with Crippen molar-refractivity contribution in [1.29, 1.82) is 0 Å². The molecule has 154 valence electrons. The SMILES string of the molecule is C1=Cc2c(oc3c2C=CC2C3c3ccccc3N2c2ccccc2)[C@H](c2ccccc2)C1. The number of hydrogen-bond donors (Lipinski definition) is 0. The predicted molar refractivity (Wildman–Crippen MR) is 130 cm³/mol. The first kappa shape index (κ1) is 17.9. The molecule has 3 aromatic carbocycles. The number of allylic oxidation sites excluding steroid dienone is 1. The van der Waals surface area contributed by atoms with Gasteiger partial charge in [0.25, 0.3) is 0 Å². The number of rotatable bonds is 2. The van der Waals surface area contributed by atoms with E-state index < -0.39 is 0 Å². The van der Waals surface area contributed by atoms with E-state index >= 15 is 0 Å². The van der Waals surface area contributed by atoms with Gasteiger partial charge in [-0.15, -0.1) is 0 Å². The summed E-state index contributed by atoms with van der Waals surface area (Å²) in [5, 5.41) is 0. The molecule has 2 aliphatic carbocycles. The van der Waals surface area contributed by atoms with Crippen molar-refractivity contribution in [2.75, 3.05) is 4.90 Å². The van der Waals surface area contributed by atoms with Gasteiger partial charge in [0.2, 0.25) is 0 Å². The highest BCUT2D eigenvalue weighted by molar-refractivity contribution is 5.81. The topological polar surface area (TPSA) is 16.4 Å². The van der Waals surface area contributed by atoms with Crippen LogP contribution in [0.2, 0.25) is 0 Å². The maximum atomic E-state index is 6.82. The summed E-state index contributed by atoms with van der Waals surface area (Å²) in [6, 6.07) is 30.5. The van der Waals surface area contributed by atoms with Crippen molar-refractivity contribution in [3.63, 3.8) is 0 Å². The average Bonchev–Trinajstić information content (AvgIpc) is 3.41. The zero-order valence-electron chi connectivity index (χ0n) is 17.7. The minimum absolute atomic E-state index is 0.196. The van der Waals surface area contributed by atoms with E-state index in [9.17, 15) is 0 Å². The Labute approximate surface area is 188 Å². The lowest BCUT2D eigenvalue weighted by Gasteiger charge is -2.29. The lowest BCUT2D eigenvalue weighted by molar-refractivity contribution is 0.424. The lowest BCUT2D eigenvalue weighted by Crippen LogP contribution is -2.30. The summed E-state index contributed by atoms with van der Waals surface area (Å²) in [5.74, 6) is 2.70. The number of fused-ring (bicyclic) bond motifs is 7. The highest BCUT2D eigenvalue weighted by Gasteiger charge is 2.44. The fourth-order valence-corrected chi connectivity index (χ4v) is 5.78.